The first-order chi connectivity index (χ1) is 2.00. The molecule has 0 spiro atoms. The summed E-state index contributed by atoms with van der Waals surface area (Å²) in [6.45, 7) is 2.88. The third-order valence-electron chi connectivity index (χ3n) is 0. The van der Waals surface area contributed by atoms with Gasteiger partial charge in [-0.1, -0.05) is 0 Å². The molecule has 0 heterocycles. The molecule has 0 bridgehead atoms. The van der Waals surface area contributed by atoms with Gasteiger partial charge in [0.05, 0.1) is 0 Å². The van der Waals surface area contributed by atoms with E-state index >= 15 is 0 Å². The molecule has 0 aromatic rings. The zero-order chi connectivity index (χ0) is 4.50. The monoisotopic (exact) mass is 131 g/mol. The van der Waals surface area contributed by atoms with Crippen LogP contribution in [-0.4, -0.2) is 69.5 Å². The van der Waals surface area contributed by atoms with E-state index in [9.17, 15) is 0 Å². The third kappa shape index (κ3) is 41.8. The standard InChI is InChI=1S/C2H8O2Si.K/c1-5(2,3)4;/h3-4H,1-2H3;. The van der Waals surface area contributed by atoms with Crippen molar-refractivity contribution in [2.24, 2.45) is 0 Å². The Bertz CT molecular complexity index is 27.0. The first kappa shape index (κ1) is 10.7. The molecule has 0 rings (SSSR count). The van der Waals surface area contributed by atoms with Crippen LogP contribution in [0.25, 0.3) is 0 Å². The van der Waals surface area contributed by atoms with E-state index in [2.05, 4.69) is 0 Å². The van der Waals surface area contributed by atoms with Crippen LogP contribution in [0.3, 0.4) is 0 Å². The summed E-state index contributed by atoms with van der Waals surface area (Å²) in [5.41, 5.74) is 0. The zero-order valence-corrected chi connectivity index (χ0v) is 8.52. The van der Waals surface area contributed by atoms with Gasteiger partial charge in [0.1, 0.15) is 0 Å². The van der Waals surface area contributed by atoms with Crippen LogP contribution in [0.5, 0.6) is 0 Å². The molecule has 2 nitrogen and oxygen atoms in total. The number of hydrogen-bond donors (Lipinski definition) is 2. The van der Waals surface area contributed by atoms with Gasteiger partial charge >= 0.3 is 8.56 Å². The molecule has 0 aliphatic heterocycles. The molecule has 6 heavy (non-hydrogen) atoms. The second kappa shape index (κ2) is 3.74. The summed E-state index contributed by atoms with van der Waals surface area (Å²) in [7, 11) is -2.61. The Morgan fingerprint density at radius 1 is 1.17 bits per heavy atom. The van der Waals surface area contributed by atoms with Crippen LogP contribution in [0.1, 0.15) is 0 Å². The van der Waals surface area contributed by atoms with E-state index in [1.807, 2.05) is 0 Å². The van der Waals surface area contributed by atoms with Crippen LogP contribution < -0.4 is 0 Å². The molecular weight excluding hydrogens is 123 g/mol. The maximum atomic E-state index is 8.22. The Balaban J connectivity index is 0. The van der Waals surface area contributed by atoms with Gasteiger partial charge in [-0.25, -0.2) is 0 Å². The molecule has 33 valence electrons. The molecule has 0 saturated carbocycles. The Morgan fingerprint density at radius 3 is 1.17 bits per heavy atom. The Kier molecular flexibility index (Phi) is 6.66. The number of rotatable bonds is 0. The van der Waals surface area contributed by atoms with E-state index in [1.54, 1.807) is 0 Å². The summed E-state index contributed by atoms with van der Waals surface area (Å²) in [5, 5.41) is 0. The average molecular weight is 131 g/mol. The van der Waals surface area contributed by atoms with Crippen LogP contribution in [0.2, 0.25) is 13.1 Å². The predicted molar refractivity (Wildman–Crippen MR) is 27.7 cm³/mol. The molecule has 0 fully saturated rings. The second-order valence-corrected chi connectivity index (χ2v) is 4.48. The molecule has 0 saturated heterocycles. The van der Waals surface area contributed by atoms with E-state index in [0.717, 1.165) is 0 Å². The van der Waals surface area contributed by atoms with E-state index in [1.165, 1.54) is 13.1 Å². The van der Waals surface area contributed by atoms with Gasteiger partial charge in [-0.05, 0) is 13.1 Å². The molecular formula is C2H8KO2Si. The van der Waals surface area contributed by atoms with Gasteiger partial charge in [0.2, 0.25) is 0 Å². The SMILES string of the molecule is C[Si](C)(O)O.[K]. The summed E-state index contributed by atoms with van der Waals surface area (Å²) in [6, 6.07) is 0. The molecule has 0 atom stereocenters. The summed E-state index contributed by atoms with van der Waals surface area (Å²) < 4.78 is 0. The molecule has 0 aliphatic carbocycles. The van der Waals surface area contributed by atoms with Crippen molar-refractivity contribution in [1.82, 2.24) is 0 Å². The van der Waals surface area contributed by atoms with Crippen LogP contribution in [0.4, 0.5) is 0 Å². The summed E-state index contributed by atoms with van der Waals surface area (Å²) in [6.07, 6.45) is 0. The Labute approximate surface area is 81.2 Å². The number of hydrogen-bond acceptors (Lipinski definition) is 2. The first-order valence-corrected chi connectivity index (χ1v) is 4.34. The van der Waals surface area contributed by atoms with E-state index in [-0.39, 0.29) is 51.4 Å². The summed E-state index contributed by atoms with van der Waals surface area (Å²) >= 11 is 0. The van der Waals surface area contributed by atoms with Gasteiger partial charge in [0, 0.05) is 51.4 Å². The smallest absolute Gasteiger partial charge is 0.326 e. The fraction of sp³-hybridized carbons (Fsp3) is 1.00. The summed E-state index contributed by atoms with van der Waals surface area (Å²) in [5.74, 6) is 0. The topological polar surface area (TPSA) is 40.5 Å². The Morgan fingerprint density at radius 2 is 1.17 bits per heavy atom. The molecule has 2 N–H and O–H groups in total. The molecule has 0 aliphatic rings. The van der Waals surface area contributed by atoms with Gasteiger partial charge in [0.25, 0.3) is 0 Å². The Hall–Kier alpha value is 1.77. The van der Waals surface area contributed by atoms with Crippen molar-refractivity contribution in [1.29, 1.82) is 0 Å². The van der Waals surface area contributed by atoms with Gasteiger partial charge < -0.3 is 9.59 Å². The minimum atomic E-state index is -2.61. The van der Waals surface area contributed by atoms with Gasteiger partial charge in [-0.3, -0.25) is 0 Å². The molecule has 0 unspecified atom stereocenters. The van der Waals surface area contributed by atoms with Gasteiger partial charge in [0.15, 0.2) is 0 Å². The van der Waals surface area contributed by atoms with E-state index in [0.29, 0.717) is 0 Å². The van der Waals surface area contributed by atoms with Crippen molar-refractivity contribution in [3.05, 3.63) is 0 Å². The van der Waals surface area contributed by atoms with Crippen molar-refractivity contribution >= 4 is 59.9 Å². The van der Waals surface area contributed by atoms with Crippen molar-refractivity contribution in [2.75, 3.05) is 0 Å². The normalized spacial score (nSPS) is 10.0. The third-order valence-corrected chi connectivity index (χ3v) is 0. The average Bonchev–Trinajstić information content (AvgIpc) is 0.722. The van der Waals surface area contributed by atoms with Crippen LogP contribution in [-0.2, 0) is 0 Å². The zero-order valence-electron chi connectivity index (χ0n) is 4.39. The van der Waals surface area contributed by atoms with Crippen molar-refractivity contribution < 1.29 is 9.59 Å². The molecule has 0 aromatic carbocycles. The molecule has 0 aromatic heterocycles. The predicted octanol–water partition coefficient (Wildman–Crippen LogP) is -0.708. The van der Waals surface area contributed by atoms with Crippen LogP contribution in [0, 0.1) is 0 Å². The second-order valence-electron chi connectivity index (χ2n) is 1.49. The van der Waals surface area contributed by atoms with Crippen LogP contribution in [0.15, 0.2) is 0 Å². The van der Waals surface area contributed by atoms with Gasteiger partial charge in [-0.15, -0.1) is 0 Å². The van der Waals surface area contributed by atoms with Crippen LogP contribution >= 0.6 is 0 Å². The molecule has 1 radical (unpaired) electrons. The maximum absolute atomic E-state index is 8.22. The quantitative estimate of drug-likeness (QED) is 0.426. The molecule has 0 amide bonds. The van der Waals surface area contributed by atoms with E-state index < -0.39 is 8.56 Å². The molecule has 4 heteroatoms. The minimum Gasteiger partial charge on any atom is -0.411 e. The maximum Gasteiger partial charge on any atom is 0.326 e. The van der Waals surface area contributed by atoms with Crippen molar-refractivity contribution in [3.63, 3.8) is 0 Å². The van der Waals surface area contributed by atoms with Crippen molar-refractivity contribution in [2.45, 2.75) is 13.1 Å². The fourth-order valence-corrected chi connectivity index (χ4v) is 0. The van der Waals surface area contributed by atoms with E-state index in [4.69, 9.17) is 9.59 Å². The fourth-order valence-electron chi connectivity index (χ4n) is 0. The largest absolute Gasteiger partial charge is 0.411 e. The first-order valence-electron chi connectivity index (χ1n) is 1.45. The minimum absolute atomic E-state index is 0. The van der Waals surface area contributed by atoms with Crippen molar-refractivity contribution in [3.8, 4) is 0 Å². The summed E-state index contributed by atoms with van der Waals surface area (Å²) in [4.78, 5) is 16.4. The van der Waals surface area contributed by atoms with Gasteiger partial charge in [-0.2, -0.15) is 0 Å².